The molecular weight excluding hydrogens is 482 g/mol. The van der Waals surface area contributed by atoms with E-state index in [1.165, 1.54) is 16.8 Å². The lowest BCUT2D eigenvalue weighted by molar-refractivity contribution is -0.0493. The molecular formula is C25H24F2N8O2. The van der Waals surface area contributed by atoms with Crippen LogP contribution in [0.25, 0.3) is 27.8 Å². The number of aromatic nitrogens is 6. The highest BCUT2D eigenvalue weighted by Crippen LogP contribution is 2.38. The number of alkyl halides is 2. The first-order valence-electron chi connectivity index (χ1n) is 11.9. The quantitative estimate of drug-likeness (QED) is 0.346. The first-order chi connectivity index (χ1) is 18.0. The number of aromatic amines is 1. The molecule has 0 bridgehead atoms. The van der Waals surface area contributed by atoms with E-state index in [1.807, 2.05) is 6.07 Å². The Morgan fingerprint density at radius 1 is 1.35 bits per heavy atom. The Bertz CT molecular complexity index is 1590. The molecule has 4 aromatic heterocycles. The number of likely N-dealkylation sites (N-methyl/N-ethyl adjacent to an activating group) is 1. The number of fused-ring (bicyclic) bond motifs is 2. The molecule has 12 heteroatoms. The third-order valence-corrected chi connectivity index (χ3v) is 6.73. The summed E-state index contributed by atoms with van der Waals surface area (Å²) in [5, 5.41) is 12.6. The fourth-order valence-corrected chi connectivity index (χ4v) is 4.87. The minimum Gasteiger partial charge on any atom is -0.434 e. The zero-order valence-corrected chi connectivity index (χ0v) is 19.9. The molecule has 0 unspecified atom stereocenters. The fraction of sp³-hybridized carbons (Fsp3) is 0.280. The Hall–Kier alpha value is -4.32. The van der Waals surface area contributed by atoms with Gasteiger partial charge >= 0.3 is 6.61 Å². The smallest absolute Gasteiger partial charge is 0.387 e. The minimum absolute atomic E-state index is 0.0404. The highest BCUT2D eigenvalue weighted by molar-refractivity contribution is 6.09. The molecule has 37 heavy (non-hydrogen) atoms. The fourth-order valence-electron chi connectivity index (χ4n) is 4.87. The SMILES string of the molecule is CN1CCC[C@@H]1Cn1cc(NC(=O)c2cnn3cccnc23)c(-c2cc3cc[nH]c3cc2OC(F)F)n1. The number of amides is 1. The second-order valence-corrected chi connectivity index (χ2v) is 9.08. The van der Waals surface area contributed by atoms with Crippen LogP contribution in [0.5, 0.6) is 5.75 Å². The van der Waals surface area contributed by atoms with E-state index < -0.39 is 12.5 Å². The van der Waals surface area contributed by atoms with E-state index >= 15 is 0 Å². The predicted molar refractivity (Wildman–Crippen MR) is 133 cm³/mol. The van der Waals surface area contributed by atoms with Gasteiger partial charge in [-0.25, -0.2) is 9.50 Å². The molecule has 1 atom stereocenters. The van der Waals surface area contributed by atoms with E-state index in [4.69, 9.17) is 9.84 Å². The molecule has 1 aliphatic heterocycles. The van der Waals surface area contributed by atoms with E-state index in [9.17, 15) is 13.6 Å². The van der Waals surface area contributed by atoms with Gasteiger partial charge in [0.25, 0.3) is 5.91 Å². The number of nitrogens with one attached hydrogen (secondary N) is 2. The Balaban J connectivity index is 1.43. The standard InChI is InChI=1S/C25H24F2N8O2/c1-33-8-2-4-16(33)13-34-14-20(31-24(36)18-12-30-35-9-3-6-29-23(18)35)22(32-34)17-10-15-5-7-28-19(15)11-21(17)37-25(26)27/h3,5-7,9-12,14,16,25,28H,2,4,8,13H2,1H3,(H,31,36)/t16-/m1/s1. The van der Waals surface area contributed by atoms with Crippen LogP contribution in [0, 0.1) is 0 Å². The molecule has 6 rings (SSSR count). The summed E-state index contributed by atoms with van der Waals surface area (Å²) in [6.45, 7) is -1.43. The Morgan fingerprint density at radius 2 is 2.24 bits per heavy atom. The summed E-state index contributed by atoms with van der Waals surface area (Å²) < 4.78 is 34.8. The van der Waals surface area contributed by atoms with Gasteiger partial charge in [0, 0.05) is 53.4 Å². The Labute approximate surface area is 209 Å². The molecule has 0 spiro atoms. The summed E-state index contributed by atoms with van der Waals surface area (Å²) >= 11 is 0. The van der Waals surface area contributed by atoms with Crippen molar-refractivity contribution in [3.8, 4) is 17.0 Å². The summed E-state index contributed by atoms with van der Waals surface area (Å²) in [5.74, 6) is -0.479. The van der Waals surface area contributed by atoms with Crippen LogP contribution in [0.4, 0.5) is 14.5 Å². The Morgan fingerprint density at radius 3 is 3.05 bits per heavy atom. The van der Waals surface area contributed by atoms with Gasteiger partial charge in [0.15, 0.2) is 5.65 Å². The first-order valence-corrected chi connectivity index (χ1v) is 11.9. The monoisotopic (exact) mass is 506 g/mol. The molecule has 1 amide bonds. The van der Waals surface area contributed by atoms with Crippen LogP contribution in [0.1, 0.15) is 23.2 Å². The molecule has 1 aromatic carbocycles. The zero-order valence-electron chi connectivity index (χ0n) is 19.9. The lowest BCUT2D eigenvalue weighted by atomic mass is 10.1. The third kappa shape index (κ3) is 4.40. The van der Waals surface area contributed by atoms with Crippen molar-refractivity contribution in [3.05, 3.63) is 60.8 Å². The van der Waals surface area contributed by atoms with Crippen molar-refractivity contribution in [3.63, 3.8) is 0 Å². The van der Waals surface area contributed by atoms with E-state index in [0.29, 0.717) is 34.7 Å². The second-order valence-electron chi connectivity index (χ2n) is 9.08. The van der Waals surface area contributed by atoms with E-state index in [-0.39, 0.29) is 17.4 Å². The molecule has 5 heterocycles. The number of carbonyl (C=O) groups is 1. The molecule has 1 saturated heterocycles. The number of hydrogen-bond donors (Lipinski definition) is 2. The highest BCUT2D eigenvalue weighted by Gasteiger charge is 2.25. The maximum absolute atomic E-state index is 13.4. The lowest BCUT2D eigenvalue weighted by Gasteiger charge is -2.18. The Kier molecular flexibility index (Phi) is 5.80. The molecule has 0 saturated carbocycles. The normalized spacial score (nSPS) is 16.3. The molecule has 5 aromatic rings. The molecule has 0 radical (unpaired) electrons. The number of H-pyrrole nitrogens is 1. The van der Waals surface area contributed by atoms with Gasteiger partial charge in [-0.15, -0.1) is 0 Å². The van der Waals surface area contributed by atoms with Crippen LogP contribution < -0.4 is 10.1 Å². The van der Waals surface area contributed by atoms with Crippen molar-refractivity contribution in [2.45, 2.75) is 32.0 Å². The number of hydrogen-bond acceptors (Lipinski definition) is 6. The zero-order chi connectivity index (χ0) is 25.5. The molecule has 2 N–H and O–H groups in total. The van der Waals surface area contributed by atoms with Crippen molar-refractivity contribution < 1.29 is 18.3 Å². The average Bonchev–Trinajstić information content (AvgIpc) is 3.66. The predicted octanol–water partition coefficient (Wildman–Crippen LogP) is 4.02. The number of halogens is 2. The van der Waals surface area contributed by atoms with Crippen molar-refractivity contribution in [2.24, 2.45) is 0 Å². The van der Waals surface area contributed by atoms with Gasteiger partial charge in [-0.05, 0) is 44.6 Å². The summed E-state index contributed by atoms with van der Waals surface area (Å²) in [5.41, 5.74) is 2.37. The van der Waals surface area contributed by atoms with Crippen LogP contribution in [0.3, 0.4) is 0 Å². The number of benzene rings is 1. The maximum atomic E-state index is 13.4. The molecule has 190 valence electrons. The number of ether oxygens (including phenoxy) is 1. The number of carbonyl (C=O) groups excluding carboxylic acids is 1. The first kappa shape index (κ1) is 23.1. The van der Waals surface area contributed by atoms with Gasteiger partial charge in [-0.1, -0.05) is 0 Å². The van der Waals surface area contributed by atoms with Crippen LogP contribution in [0.15, 0.2) is 55.2 Å². The molecule has 10 nitrogen and oxygen atoms in total. The molecule has 0 aliphatic carbocycles. The summed E-state index contributed by atoms with van der Waals surface area (Å²) in [6, 6.07) is 7.07. The maximum Gasteiger partial charge on any atom is 0.387 e. The topological polar surface area (TPSA) is 105 Å². The molecule has 1 aliphatic rings. The average molecular weight is 507 g/mol. The van der Waals surface area contributed by atoms with Gasteiger partial charge < -0.3 is 19.9 Å². The van der Waals surface area contributed by atoms with Crippen LogP contribution >= 0.6 is 0 Å². The highest BCUT2D eigenvalue weighted by atomic mass is 19.3. The lowest BCUT2D eigenvalue weighted by Crippen LogP contribution is -2.29. The third-order valence-electron chi connectivity index (χ3n) is 6.73. The van der Waals surface area contributed by atoms with E-state index in [1.54, 1.807) is 41.6 Å². The summed E-state index contributed by atoms with van der Waals surface area (Å²) in [6.07, 6.45) is 10.3. The van der Waals surface area contributed by atoms with Crippen molar-refractivity contribution >= 4 is 28.1 Å². The van der Waals surface area contributed by atoms with Crippen LogP contribution in [-0.2, 0) is 6.54 Å². The number of anilines is 1. The van der Waals surface area contributed by atoms with Gasteiger partial charge in [-0.2, -0.15) is 19.0 Å². The van der Waals surface area contributed by atoms with E-state index in [2.05, 4.69) is 32.3 Å². The van der Waals surface area contributed by atoms with Crippen molar-refractivity contribution in [1.29, 1.82) is 0 Å². The largest absolute Gasteiger partial charge is 0.434 e. The van der Waals surface area contributed by atoms with Crippen molar-refractivity contribution in [2.75, 3.05) is 18.9 Å². The van der Waals surface area contributed by atoms with Gasteiger partial charge in [-0.3, -0.25) is 9.48 Å². The van der Waals surface area contributed by atoms with E-state index in [0.717, 1.165) is 24.8 Å². The van der Waals surface area contributed by atoms with Crippen LogP contribution in [0.2, 0.25) is 0 Å². The second kappa shape index (κ2) is 9.28. The van der Waals surface area contributed by atoms with Gasteiger partial charge in [0.1, 0.15) is 17.0 Å². The minimum atomic E-state index is -3.02. The van der Waals surface area contributed by atoms with Gasteiger partial charge in [0.05, 0.1) is 18.4 Å². The van der Waals surface area contributed by atoms with Crippen molar-refractivity contribution in [1.82, 2.24) is 34.3 Å². The number of nitrogens with zero attached hydrogens (tertiary/aromatic N) is 6. The summed E-state index contributed by atoms with van der Waals surface area (Å²) in [7, 11) is 2.07. The number of likely N-dealkylation sites (tertiary alicyclic amines) is 1. The number of rotatable bonds is 7. The summed E-state index contributed by atoms with van der Waals surface area (Å²) in [4.78, 5) is 22.8. The molecule has 1 fully saturated rings. The van der Waals surface area contributed by atoms with Crippen LogP contribution in [-0.4, -0.2) is 66.4 Å². The van der Waals surface area contributed by atoms with Gasteiger partial charge in [0.2, 0.25) is 0 Å².